The highest BCUT2D eigenvalue weighted by atomic mass is 32.2. The van der Waals surface area contributed by atoms with Crippen molar-refractivity contribution in [2.75, 3.05) is 25.5 Å². The fraction of sp³-hybridized carbons (Fsp3) is 0.647. The fourth-order valence-electron chi connectivity index (χ4n) is 3.00. The van der Waals surface area contributed by atoms with Gasteiger partial charge in [-0.25, -0.2) is 0 Å². The maximum Gasteiger partial charge on any atom is 0.161 e. The van der Waals surface area contributed by atoms with Crippen LogP contribution in [0, 0.1) is 0 Å². The number of rotatable bonds is 5. The van der Waals surface area contributed by atoms with E-state index in [1.807, 2.05) is 0 Å². The predicted molar refractivity (Wildman–Crippen MR) is 88.6 cm³/mol. The Kier molecular flexibility index (Phi) is 5.31. The van der Waals surface area contributed by atoms with Crippen LogP contribution in [-0.4, -0.2) is 30.8 Å². The molecule has 116 valence electrons. The van der Waals surface area contributed by atoms with Crippen LogP contribution in [-0.2, 0) is 0 Å². The third kappa shape index (κ3) is 3.67. The van der Waals surface area contributed by atoms with E-state index in [-0.39, 0.29) is 0 Å². The molecule has 0 bridgehead atoms. The molecule has 3 rings (SSSR count). The molecule has 3 nitrogen and oxygen atoms in total. The second kappa shape index (κ2) is 7.41. The van der Waals surface area contributed by atoms with E-state index in [0.717, 1.165) is 37.7 Å². The van der Waals surface area contributed by atoms with Gasteiger partial charge in [0.15, 0.2) is 11.5 Å². The summed E-state index contributed by atoms with van der Waals surface area (Å²) in [5, 5.41) is 4.41. The lowest BCUT2D eigenvalue weighted by atomic mass is 10.00. The molecular formula is C17H25NO2S. The molecule has 1 N–H and O–H groups in total. The zero-order valence-electron chi connectivity index (χ0n) is 12.8. The van der Waals surface area contributed by atoms with Crippen molar-refractivity contribution < 1.29 is 9.47 Å². The van der Waals surface area contributed by atoms with E-state index in [2.05, 4.69) is 42.2 Å². The van der Waals surface area contributed by atoms with Crippen molar-refractivity contribution in [3.63, 3.8) is 0 Å². The Balaban J connectivity index is 1.82. The molecule has 1 aromatic carbocycles. The maximum absolute atomic E-state index is 5.85. The monoisotopic (exact) mass is 307 g/mol. The minimum atomic E-state index is 0.426. The molecule has 0 aliphatic carbocycles. The van der Waals surface area contributed by atoms with Crippen LogP contribution in [0.2, 0.25) is 0 Å². The fourth-order valence-corrected chi connectivity index (χ4v) is 4.42. The summed E-state index contributed by atoms with van der Waals surface area (Å²) in [6.07, 6.45) is 4.77. The number of nitrogens with one attached hydrogen (secondary N) is 1. The van der Waals surface area contributed by atoms with Crippen LogP contribution >= 0.6 is 11.8 Å². The van der Waals surface area contributed by atoms with Crippen molar-refractivity contribution in [2.45, 2.75) is 43.9 Å². The lowest BCUT2D eigenvalue weighted by Crippen LogP contribution is -2.29. The zero-order chi connectivity index (χ0) is 14.5. The molecule has 1 fully saturated rings. The van der Waals surface area contributed by atoms with Crippen LogP contribution in [0.1, 0.15) is 44.2 Å². The number of thioether (sulfide) groups is 1. The molecule has 2 unspecified atom stereocenters. The summed E-state index contributed by atoms with van der Waals surface area (Å²) in [7, 11) is 0. The van der Waals surface area contributed by atoms with Gasteiger partial charge in [-0.3, -0.25) is 0 Å². The summed E-state index contributed by atoms with van der Waals surface area (Å²) in [5.41, 5.74) is 1.34. The Hall–Kier alpha value is -0.870. The number of benzene rings is 1. The molecule has 1 aromatic rings. The molecule has 2 heterocycles. The SMILES string of the molecule is CCCNC(c1ccc2c(c1)OCCCO2)C1CCCS1. The number of fused-ring (bicyclic) bond motifs is 1. The molecule has 0 aromatic heterocycles. The van der Waals surface area contributed by atoms with E-state index >= 15 is 0 Å². The molecular weight excluding hydrogens is 282 g/mol. The van der Waals surface area contributed by atoms with Crippen molar-refractivity contribution in [3.8, 4) is 11.5 Å². The minimum Gasteiger partial charge on any atom is -0.490 e. The van der Waals surface area contributed by atoms with Crippen molar-refractivity contribution >= 4 is 11.8 Å². The van der Waals surface area contributed by atoms with E-state index in [4.69, 9.17) is 9.47 Å². The summed E-state index contributed by atoms with van der Waals surface area (Å²) >= 11 is 2.10. The van der Waals surface area contributed by atoms with Gasteiger partial charge in [0.25, 0.3) is 0 Å². The Morgan fingerprint density at radius 3 is 2.86 bits per heavy atom. The molecule has 0 amide bonds. The van der Waals surface area contributed by atoms with Crippen molar-refractivity contribution in [1.82, 2.24) is 5.32 Å². The van der Waals surface area contributed by atoms with E-state index < -0.39 is 0 Å². The van der Waals surface area contributed by atoms with E-state index in [1.54, 1.807) is 0 Å². The van der Waals surface area contributed by atoms with Gasteiger partial charge >= 0.3 is 0 Å². The first-order chi connectivity index (χ1) is 10.4. The lowest BCUT2D eigenvalue weighted by molar-refractivity contribution is 0.297. The summed E-state index contributed by atoms with van der Waals surface area (Å²) in [6, 6.07) is 6.90. The molecule has 4 heteroatoms. The van der Waals surface area contributed by atoms with E-state index in [9.17, 15) is 0 Å². The molecule has 0 radical (unpaired) electrons. The van der Waals surface area contributed by atoms with Crippen molar-refractivity contribution in [1.29, 1.82) is 0 Å². The van der Waals surface area contributed by atoms with Gasteiger partial charge in [-0.2, -0.15) is 11.8 Å². The third-order valence-corrected chi connectivity index (χ3v) is 5.54. The summed E-state index contributed by atoms with van der Waals surface area (Å²) in [6.45, 7) is 4.79. The van der Waals surface area contributed by atoms with Crippen LogP contribution in [0.15, 0.2) is 18.2 Å². The molecule has 2 aliphatic rings. The van der Waals surface area contributed by atoms with Gasteiger partial charge in [-0.1, -0.05) is 13.0 Å². The molecule has 2 aliphatic heterocycles. The topological polar surface area (TPSA) is 30.5 Å². The van der Waals surface area contributed by atoms with Crippen LogP contribution < -0.4 is 14.8 Å². The molecule has 0 spiro atoms. The normalized spacial score (nSPS) is 22.8. The maximum atomic E-state index is 5.85. The van der Waals surface area contributed by atoms with Gasteiger partial charge in [-0.15, -0.1) is 0 Å². The average Bonchev–Trinajstić information content (AvgIpc) is 2.93. The average molecular weight is 307 g/mol. The van der Waals surface area contributed by atoms with Crippen LogP contribution in [0.25, 0.3) is 0 Å². The van der Waals surface area contributed by atoms with Crippen LogP contribution in [0.4, 0.5) is 0 Å². The first-order valence-electron chi connectivity index (χ1n) is 8.13. The first kappa shape index (κ1) is 15.0. The quantitative estimate of drug-likeness (QED) is 0.896. The lowest BCUT2D eigenvalue weighted by Gasteiger charge is -2.25. The number of hydrogen-bond donors (Lipinski definition) is 1. The third-order valence-electron chi connectivity index (χ3n) is 4.08. The Labute approximate surface area is 131 Å². The van der Waals surface area contributed by atoms with Gasteiger partial charge in [-0.05, 0) is 49.3 Å². The molecule has 1 saturated heterocycles. The highest BCUT2D eigenvalue weighted by Crippen LogP contribution is 2.39. The van der Waals surface area contributed by atoms with Crippen LogP contribution in [0.5, 0.6) is 11.5 Å². The zero-order valence-corrected chi connectivity index (χ0v) is 13.6. The molecule has 2 atom stereocenters. The highest BCUT2D eigenvalue weighted by Gasteiger charge is 2.27. The second-order valence-electron chi connectivity index (χ2n) is 5.74. The van der Waals surface area contributed by atoms with Crippen molar-refractivity contribution in [3.05, 3.63) is 23.8 Å². The van der Waals surface area contributed by atoms with Crippen molar-refractivity contribution in [2.24, 2.45) is 0 Å². The Bertz CT molecular complexity index is 460. The Morgan fingerprint density at radius 2 is 2.10 bits per heavy atom. The van der Waals surface area contributed by atoms with Gasteiger partial charge in [0.1, 0.15) is 0 Å². The number of ether oxygens (including phenoxy) is 2. The number of hydrogen-bond acceptors (Lipinski definition) is 4. The van der Waals surface area contributed by atoms with Gasteiger partial charge in [0, 0.05) is 17.7 Å². The van der Waals surface area contributed by atoms with E-state index in [0.29, 0.717) is 11.3 Å². The highest BCUT2D eigenvalue weighted by molar-refractivity contribution is 8.00. The molecule has 21 heavy (non-hydrogen) atoms. The second-order valence-corrected chi connectivity index (χ2v) is 7.09. The van der Waals surface area contributed by atoms with E-state index in [1.165, 1.54) is 30.6 Å². The van der Waals surface area contributed by atoms with Gasteiger partial charge in [0.2, 0.25) is 0 Å². The molecule has 0 saturated carbocycles. The standard InChI is InChI=1S/C17H25NO2S/c1-2-8-18-17(16-5-3-11-21-16)13-6-7-14-15(12-13)20-10-4-9-19-14/h6-7,12,16-18H,2-5,8-11H2,1H3. The predicted octanol–water partition coefficient (Wildman–Crippen LogP) is 3.78. The van der Waals surface area contributed by atoms with Gasteiger partial charge < -0.3 is 14.8 Å². The summed E-state index contributed by atoms with van der Waals surface area (Å²) in [4.78, 5) is 0. The Morgan fingerprint density at radius 1 is 1.24 bits per heavy atom. The first-order valence-corrected chi connectivity index (χ1v) is 9.18. The smallest absolute Gasteiger partial charge is 0.161 e. The largest absolute Gasteiger partial charge is 0.490 e. The van der Waals surface area contributed by atoms with Crippen LogP contribution in [0.3, 0.4) is 0 Å². The summed E-state index contributed by atoms with van der Waals surface area (Å²) < 4.78 is 11.6. The van der Waals surface area contributed by atoms with Gasteiger partial charge in [0.05, 0.1) is 13.2 Å². The minimum absolute atomic E-state index is 0.426. The summed E-state index contributed by atoms with van der Waals surface area (Å²) in [5.74, 6) is 3.10.